The van der Waals surface area contributed by atoms with Crippen molar-refractivity contribution in [2.24, 2.45) is 5.41 Å². The maximum absolute atomic E-state index is 11.7. The minimum Gasteiger partial charge on any atom is -0.370 e. The predicted octanol–water partition coefficient (Wildman–Crippen LogP) is 2.42. The highest BCUT2D eigenvalue weighted by Gasteiger charge is 2.30. The van der Waals surface area contributed by atoms with E-state index in [9.17, 15) is 4.79 Å². The average Bonchev–Trinajstić information content (AvgIpc) is 2.08. The van der Waals surface area contributed by atoms with E-state index >= 15 is 0 Å². The average molecular weight is 196 g/mol. The molecule has 14 heavy (non-hydrogen) atoms. The third-order valence-corrected chi connectivity index (χ3v) is 1.85. The van der Waals surface area contributed by atoms with Gasteiger partial charge >= 0.3 is 0 Å². The van der Waals surface area contributed by atoms with E-state index in [1.54, 1.807) is 6.92 Å². The third kappa shape index (κ3) is 4.43. The summed E-state index contributed by atoms with van der Waals surface area (Å²) >= 11 is 0. The molecular weight excluding hydrogens is 176 g/mol. The summed E-state index contributed by atoms with van der Waals surface area (Å²) in [6.07, 6.45) is -0.0494. The first-order chi connectivity index (χ1) is 6.43. The molecule has 0 aliphatic rings. The van der Waals surface area contributed by atoms with Crippen molar-refractivity contribution in [3.63, 3.8) is 0 Å². The Morgan fingerprint density at radius 2 is 2.00 bits per heavy atom. The highest BCUT2D eigenvalue weighted by Crippen LogP contribution is 2.23. The van der Waals surface area contributed by atoms with Crippen LogP contribution in [0.15, 0.2) is 0 Å². The molecule has 0 aromatic carbocycles. The summed E-state index contributed by atoms with van der Waals surface area (Å²) in [5.41, 5.74) is -0.150. The van der Waals surface area contributed by atoms with Gasteiger partial charge in [-0.25, -0.2) is 0 Å². The molecule has 0 spiro atoms. The Labute approximate surface area is 87.0 Å². The number of ether oxygens (including phenoxy) is 1. The Kier molecular flexibility index (Phi) is 5.49. The van der Waals surface area contributed by atoms with Crippen LogP contribution >= 0.6 is 0 Å². The van der Waals surface area contributed by atoms with E-state index in [0.717, 1.165) is 0 Å². The molecule has 0 saturated carbocycles. The van der Waals surface area contributed by atoms with Crippen molar-refractivity contribution in [3.8, 4) is 11.8 Å². The molecule has 1 atom stereocenters. The molecule has 80 valence electrons. The number of Topliss-reactive ketones (excluding diaryl/α,β-unsaturated/α-hetero) is 1. The molecule has 0 fully saturated rings. The van der Waals surface area contributed by atoms with Crippen LogP contribution in [0.1, 0.15) is 41.0 Å². The quantitative estimate of drug-likeness (QED) is 0.645. The molecule has 0 N–H and O–H groups in total. The highest BCUT2D eigenvalue weighted by atomic mass is 16.5. The van der Waals surface area contributed by atoms with Gasteiger partial charge in [-0.2, -0.15) is 0 Å². The van der Waals surface area contributed by atoms with Gasteiger partial charge in [0.25, 0.3) is 0 Å². The van der Waals surface area contributed by atoms with E-state index in [-0.39, 0.29) is 17.3 Å². The topological polar surface area (TPSA) is 26.3 Å². The lowest BCUT2D eigenvalue weighted by Crippen LogP contribution is -2.36. The summed E-state index contributed by atoms with van der Waals surface area (Å²) in [6, 6.07) is 0. The van der Waals surface area contributed by atoms with Gasteiger partial charge in [-0.15, -0.1) is 5.92 Å². The Morgan fingerprint density at radius 1 is 1.43 bits per heavy atom. The second-order valence-corrected chi connectivity index (χ2v) is 4.27. The van der Waals surface area contributed by atoms with Crippen molar-refractivity contribution < 1.29 is 9.53 Å². The van der Waals surface area contributed by atoms with Crippen LogP contribution < -0.4 is 0 Å². The van der Waals surface area contributed by atoms with Crippen molar-refractivity contribution in [2.75, 3.05) is 6.61 Å². The number of carbonyl (C=O) groups excluding carboxylic acids is 1. The zero-order valence-corrected chi connectivity index (χ0v) is 9.81. The first-order valence-corrected chi connectivity index (χ1v) is 4.97. The maximum Gasteiger partial charge on any atom is 0.173 e. The lowest BCUT2D eigenvalue weighted by Gasteiger charge is -2.28. The molecule has 0 amide bonds. The summed E-state index contributed by atoms with van der Waals surface area (Å²) < 4.78 is 5.45. The zero-order valence-electron chi connectivity index (χ0n) is 9.81. The van der Waals surface area contributed by atoms with E-state index in [2.05, 4.69) is 11.8 Å². The van der Waals surface area contributed by atoms with Crippen molar-refractivity contribution in [3.05, 3.63) is 0 Å². The van der Waals surface area contributed by atoms with Gasteiger partial charge in [-0.05, 0) is 19.3 Å². The molecule has 0 aromatic heterocycles. The van der Waals surface area contributed by atoms with E-state index in [4.69, 9.17) is 4.74 Å². The van der Waals surface area contributed by atoms with E-state index in [1.807, 2.05) is 27.7 Å². The van der Waals surface area contributed by atoms with Gasteiger partial charge in [0.05, 0.1) is 6.42 Å². The molecule has 2 heteroatoms. The van der Waals surface area contributed by atoms with Crippen LogP contribution in [0.5, 0.6) is 0 Å². The van der Waals surface area contributed by atoms with E-state index in [1.165, 1.54) is 0 Å². The van der Waals surface area contributed by atoms with Crippen LogP contribution in [0.25, 0.3) is 0 Å². The maximum atomic E-state index is 11.7. The number of ketones is 1. The molecule has 0 bridgehead atoms. The van der Waals surface area contributed by atoms with Gasteiger partial charge < -0.3 is 4.74 Å². The SMILES string of the molecule is CC#CCC(=O)C(OCC)C(C)(C)C. The van der Waals surface area contributed by atoms with E-state index < -0.39 is 0 Å². The molecule has 0 aliphatic heterocycles. The smallest absolute Gasteiger partial charge is 0.173 e. The molecular formula is C12H20O2. The van der Waals surface area contributed by atoms with Gasteiger partial charge in [0.1, 0.15) is 6.10 Å². The van der Waals surface area contributed by atoms with Crippen molar-refractivity contribution >= 4 is 5.78 Å². The highest BCUT2D eigenvalue weighted by molar-refractivity contribution is 5.85. The van der Waals surface area contributed by atoms with Crippen LogP contribution in [0.3, 0.4) is 0 Å². The summed E-state index contributed by atoms with van der Waals surface area (Å²) in [5.74, 6) is 5.58. The normalized spacial score (nSPS) is 12.9. The summed E-state index contributed by atoms with van der Waals surface area (Å²) in [5, 5.41) is 0. The molecule has 0 rings (SSSR count). The minimum atomic E-state index is -0.339. The molecule has 2 nitrogen and oxygen atoms in total. The van der Waals surface area contributed by atoms with Crippen LogP contribution in [0.2, 0.25) is 0 Å². The fourth-order valence-electron chi connectivity index (χ4n) is 1.26. The van der Waals surface area contributed by atoms with Gasteiger partial charge in [0.15, 0.2) is 5.78 Å². The lowest BCUT2D eigenvalue weighted by atomic mass is 9.85. The molecule has 0 saturated heterocycles. The van der Waals surface area contributed by atoms with Crippen molar-refractivity contribution in [1.82, 2.24) is 0 Å². The fourth-order valence-corrected chi connectivity index (χ4v) is 1.26. The van der Waals surface area contributed by atoms with Gasteiger partial charge in [-0.1, -0.05) is 26.7 Å². The molecule has 1 unspecified atom stereocenters. The number of hydrogen-bond acceptors (Lipinski definition) is 2. The second-order valence-electron chi connectivity index (χ2n) is 4.27. The van der Waals surface area contributed by atoms with Crippen LogP contribution in [-0.2, 0) is 9.53 Å². The summed E-state index contributed by atoms with van der Waals surface area (Å²) in [6.45, 7) is 10.2. The minimum absolute atomic E-state index is 0.0775. The van der Waals surface area contributed by atoms with Crippen LogP contribution in [-0.4, -0.2) is 18.5 Å². The standard InChI is InChI=1S/C12H20O2/c1-6-8-9-10(13)11(14-7-2)12(3,4)5/h11H,7,9H2,1-5H3. The van der Waals surface area contributed by atoms with Gasteiger partial charge in [-0.3, -0.25) is 4.79 Å². The zero-order chi connectivity index (χ0) is 11.2. The second kappa shape index (κ2) is 5.82. The first-order valence-electron chi connectivity index (χ1n) is 4.97. The van der Waals surface area contributed by atoms with E-state index in [0.29, 0.717) is 13.0 Å². The largest absolute Gasteiger partial charge is 0.370 e. The number of hydrogen-bond donors (Lipinski definition) is 0. The first kappa shape index (κ1) is 13.2. The monoisotopic (exact) mass is 196 g/mol. The third-order valence-electron chi connectivity index (χ3n) is 1.85. The molecule has 0 aliphatic carbocycles. The predicted molar refractivity (Wildman–Crippen MR) is 57.9 cm³/mol. The van der Waals surface area contributed by atoms with Crippen LogP contribution in [0, 0.1) is 17.3 Å². The lowest BCUT2D eigenvalue weighted by molar-refractivity contribution is -0.136. The van der Waals surface area contributed by atoms with Crippen LogP contribution in [0.4, 0.5) is 0 Å². The fraction of sp³-hybridized carbons (Fsp3) is 0.750. The number of carbonyl (C=O) groups is 1. The number of rotatable bonds is 4. The van der Waals surface area contributed by atoms with Crippen molar-refractivity contribution in [1.29, 1.82) is 0 Å². The summed E-state index contributed by atoms with van der Waals surface area (Å²) in [7, 11) is 0. The van der Waals surface area contributed by atoms with Crippen molar-refractivity contribution in [2.45, 2.75) is 47.1 Å². The Morgan fingerprint density at radius 3 is 2.36 bits per heavy atom. The summed E-state index contributed by atoms with van der Waals surface area (Å²) in [4.78, 5) is 11.7. The molecule has 0 radical (unpaired) electrons. The Bertz CT molecular complexity index is 237. The Balaban J connectivity index is 4.46. The van der Waals surface area contributed by atoms with Gasteiger partial charge in [0, 0.05) is 6.61 Å². The Hall–Kier alpha value is -0.810. The molecule has 0 aromatic rings. The van der Waals surface area contributed by atoms with Gasteiger partial charge in [0.2, 0.25) is 0 Å². The molecule has 0 heterocycles.